The van der Waals surface area contributed by atoms with Crippen LogP contribution in [0.25, 0.3) is 55.1 Å². The number of fused-ring (bicyclic) bond motifs is 7. The molecule has 0 fully saturated rings. The Morgan fingerprint density at radius 3 is 2.46 bits per heavy atom. The lowest BCUT2D eigenvalue weighted by atomic mass is 10.1. The van der Waals surface area contributed by atoms with Gasteiger partial charge in [-0.3, -0.25) is 9.97 Å². The van der Waals surface area contributed by atoms with Crippen LogP contribution in [0.4, 0.5) is 0 Å². The summed E-state index contributed by atoms with van der Waals surface area (Å²) in [6.07, 6.45) is 5.48. The molecule has 130 valence electrons. The predicted octanol–water partition coefficient (Wildman–Crippen LogP) is 4.68. The number of rotatable bonds is 1. The second-order valence-corrected chi connectivity index (χ2v) is 6.68. The normalized spacial score (nSPS) is 11.5. The fourth-order valence-electron chi connectivity index (χ4n) is 3.86. The van der Waals surface area contributed by atoms with Crippen molar-refractivity contribution in [3.8, 4) is 17.5 Å². The van der Waals surface area contributed by atoms with Gasteiger partial charge >= 0.3 is 0 Å². The van der Waals surface area contributed by atoms with Gasteiger partial charge in [-0.15, -0.1) is 0 Å². The zero-order chi connectivity index (χ0) is 18.7. The number of H-pyrrole nitrogens is 2. The van der Waals surface area contributed by atoms with Crippen LogP contribution >= 0.6 is 0 Å². The number of hydrogen-bond acceptors (Lipinski definition) is 4. The van der Waals surface area contributed by atoms with E-state index in [1.165, 1.54) is 0 Å². The Bertz CT molecular complexity index is 1510. The minimum Gasteiger partial charge on any atom is -0.360 e. The third-order valence-corrected chi connectivity index (χ3v) is 5.13. The number of aromatic nitrogens is 5. The Balaban J connectivity index is 1.74. The van der Waals surface area contributed by atoms with Gasteiger partial charge in [0, 0.05) is 45.8 Å². The average Bonchev–Trinajstić information content (AvgIpc) is 3.38. The summed E-state index contributed by atoms with van der Waals surface area (Å²) in [5.41, 5.74) is 6.01. The van der Waals surface area contributed by atoms with Crippen LogP contribution in [-0.2, 0) is 0 Å². The fourth-order valence-corrected chi connectivity index (χ4v) is 3.86. The predicted molar refractivity (Wildman–Crippen MR) is 109 cm³/mol. The summed E-state index contributed by atoms with van der Waals surface area (Å²) in [7, 11) is 0. The quantitative estimate of drug-likeness (QED) is 0.416. The largest absolute Gasteiger partial charge is 0.360 e. The lowest BCUT2D eigenvalue weighted by Gasteiger charge is -2.03. The summed E-state index contributed by atoms with van der Waals surface area (Å²) in [6, 6.07) is 15.7. The second-order valence-electron chi connectivity index (χ2n) is 6.68. The SMILES string of the molecule is N#Cc1ccc2[nH]cc(-c3nc4c5cccnc5c5ncccc5c4[nH]3)c2c1. The molecule has 4 heterocycles. The zero-order valence-electron chi connectivity index (χ0n) is 14.6. The van der Waals surface area contributed by atoms with Gasteiger partial charge in [-0.05, 0) is 42.5 Å². The van der Waals surface area contributed by atoms with Gasteiger partial charge in [0.2, 0.25) is 0 Å². The molecule has 0 atom stereocenters. The molecule has 6 rings (SSSR count). The lowest BCUT2D eigenvalue weighted by Crippen LogP contribution is -1.86. The van der Waals surface area contributed by atoms with E-state index in [0.29, 0.717) is 5.56 Å². The van der Waals surface area contributed by atoms with Gasteiger partial charge in [-0.1, -0.05) is 0 Å². The van der Waals surface area contributed by atoms with E-state index in [1.54, 1.807) is 18.5 Å². The molecule has 4 aromatic heterocycles. The van der Waals surface area contributed by atoms with Gasteiger partial charge in [0.05, 0.1) is 33.7 Å². The number of pyridine rings is 2. The van der Waals surface area contributed by atoms with Crippen LogP contribution in [0.5, 0.6) is 0 Å². The molecule has 28 heavy (non-hydrogen) atoms. The summed E-state index contributed by atoms with van der Waals surface area (Å²) < 4.78 is 0. The Hall–Kier alpha value is -4.24. The van der Waals surface area contributed by atoms with Gasteiger partial charge in [0.25, 0.3) is 0 Å². The number of imidazole rings is 1. The van der Waals surface area contributed by atoms with E-state index < -0.39 is 0 Å². The third-order valence-electron chi connectivity index (χ3n) is 5.13. The first-order valence-corrected chi connectivity index (χ1v) is 8.86. The van der Waals surface area contributed by atoms with Crippen LogP contribution in [0.15, 0.2) is 61.1 Å². The molecule has 2 N–H and O–H groups in total. The Kier molecular flexibility index (Phi) is 2.86. The fraction of sp³-hybridized carbons (Fsp3) is 0. The van der Waals surface area contributed by atoms with Crippen molar-refractivity contribution in [3.63, 3.8) is 0 Å². The highest BCUT2D eigenvalue weighted by Crippen LogP contribution is 2.35. The third kappa shape index (κ3) is 1.93. The smallest absolute Gasteiger partial charge is 0.140 e. The molecule has 0 bridgehead atoms. The lowest BCUT2D eigenvalue weighted by molar-refractivity contribution is 1.34. The van der Waals surface area contributed by atoms with Gasteiger partial charge in [0.1, 0.15) is 5.82 Å². The summed E-state index contributed by atoms with van der Waals surface area (Å²) in [4.78, 5) is 20.8. The molecule has 0 aliphatic rings. The molecule has 0 saturated carbocycles. The van der Waals surface area contributed by atoms with Crippen LogP contribution in [0.1, 0.15) is 5.56 Å². The summed E-state index contributed by atoms with van der Waals surface area (Å²) >= 11 is 0. The first kappa shape index (κ1) is 14.9. The molecule has 6 aromatic rings. The maximum Gasteiger partial charge on any atom is 0.140 e. The van der Waals surface area contributed by atoms with Crippen molar-refractivity contribution >= 4 is 43.7 Å². The van der Waals surface area contributed by atoms with Gasteiger partial charge in [0.15, 0.2) is 0 Å². The molecule has 0 aliphatic carbocycles. The second kappa shape index (κ2) is 5.38. The molecule has 0 amide bonds. The molecule has 0 radical (unpaired) electrons. The highest BCUT2D eigenvalue weighted by molar-refractivity contribution is 6.21. The minimum absolute atomic E-state index is 0.619. The van der Waals surface area contributed by atoms with E-state index in [1.807, 2.05) is 42.6 Å². The molecule has 2 aromatic carbocycles. The van der Waals surface area contributed by atoms with Crippen LogP contribution in [0.3, 0.4) is 0 Å². The maximum atomic E-state index is 9.25. The van der Waals surface area contributed by atoms with E-state index in [-0.39, 0.29) is 0 Å². The van der Waals surface area contributed by atoms with Crippen molar-refractivity contribution in [2.75, 3.05) is 0 Å². The van der Waals surface area contributed by atoms with Crippen LogP contribution in [0, 0.1) is 11.3 Å². The van der Waals surface area contributed by atoms with Gasteiger partial charge < -0.3 is 9.97 Å². The van der Waals surface area contributed by atoms with Crippen molar-refractivity contribution < 1.29 is 0 Å². The van der Waals surface area contributed by atoms with E-state index in [4.69, 9.17) is 4.98 Å². The Morgan fingerprint density at radius 1 is 0.857 bits per heavy atom. The molecule has 0 aliphatic heterocycles. The molecular weight excluding hydrogens is 348 g/mol. The molecule has 0 unspecified atom stereocenters. The number of nitrogens with one attached hydrogen (secondary N) is 2. The van der Waals surface area contributed by atoms with Gasteiger partial charge in [-0.25, -0.2) is 4.98 Å². The van der Waals surface area contributed by atoms with Crippen LogP contribution in [0.2, 0.25) is 0 Å². The molecule has 6 nitrogen and oxygen atoms in total. The molecule has 0 saturated heterocycles. The minimum atomic E-state index is 0.619. The Morgan fingerprint density at radius 2 is 1.64 bits per heavy atom. The van der Waals surface area contributed by atoms with E-state index >= 15 is 0 Å². The van der Waals surface area contributed by atoms with Crippen molar-refractivity contribution in [1.82, 2.24) is 24.9 Å². The summed E-state index contributed by atoms with van der Waals surface area (Å²) in [6.45, 7) is 0. The topological polar surface area (TPSA) is 94.0 Å². The van der Waals surface area contributed by atoms with Crippen LogP contribution < -0.4 is 0 Å². The highest BCUT2D eigenvalue weighted by Gasteiger charge is 2.16. The van der Waals surface area contributed by atoms with E-state index in [9.17, 15) is 5.26 Å². The number of benzene rings is 2. The average molecular weight is 360 g/mol. The van der Waals surface area contributed by atoms with E-state index in [2.05, 4.69) is 26.0 Å². The number of aromatic amines is 2. The van der Waals surface area contributed by atoms with Crippen molar-refractivity contribution in [3.05, 3.63) is 66.6 Å². The monoisotopic (exact) mass is 360 g/mol. The first-order valence-electron chi connectivity index (χ1n) is 8.86. The molecule has 6 heteroatoms. The molecular formula is C22H12N6. The van der Waals surface area contributed by atoms with Crippen molar-refractivity contribution in [1.29, 1.82) is 5.26 Å². The highest BCUT2D eigenvalue weighted by atomic mass is 14.9. The standard InChI is InChI=1S/C22H12N6/c23-10-12-5-6-17-15(9-12)16(11-26-17)22-27-20-13-3-1-7-24-18(13)19-14(21(20)28-22)4-2-8-25-19/h1-9,11,26H,(H,27,28). The van der Waals surface area contributed by atoms with Crippen LogP contribution in [-0.4, -0.2) is 24.9 Å². The van der Waals surface area contributed by atoms with Crippen molar-refractivity contribution in [2.24, 2.45) is 0 Å². The number of nitrogens with zero attached hydrogens (tertiary/aromatic N) is 4. The summed E-state index contributed by atoms with van der Waals surface area (Å²) in [5, 5.41) is 12.2. The summed E-state index contributed by atoms with van der Waals surface area (Å²) in [5.74, 6) is 0.748. The zero-order valence-corrected chi connectivity index (χ0v) is 14.6. The first-order chi connectivity index (χ1) is 13.8. The number of hydrogen-bond donors (Lipinski definition) is 2. The Labute approximate surface area is 158 Å². The van der Waals surface area contributed by atoms with Crippen molar-refractivity contribution in [2.45, 2.75) is 0 Å². The maximum absolute atomic E-state index is 9.25. The number of nitriles is 1. The van der Waals surface area contributed by atoms with E-state index in [0.717, 1.165) is 55.1 Å². The molecule has 0 spiro atoms. The van der Waals surface area contributed by atoms with Gasteiger partial charge in [-0.2, -0.15) is 5.26 Å².